The van der Waals surface area contributed by atoms with Crippen molar-refractivity contribution >= 4 is 33.1 Å². The molecule has 1 atom stereocenters. The van der Waals surface area contributed by atoms with Crippen molar-refractivity contribution in [2.45, 2.75) is 11.5 Å². The van der Waals surface area contributed by atoms with E-state index in [9.17, 15) is 0 Å². The van der Waals surface area contributed by atoms with E-state index in [0.29, 0.717) is 0 Å². The van der Waals surface area contributed by atoms with Gasteiger partial charge in [0.25, 0.3) is 0 Å². The Labute approximate surface area is 325 Å². The standard InChI is InChI=1S/C53H34N2O/c1-2-12-33(13-3-1)34-22-24-37(25-23-34)49-43-19-9-11-21-48(43)54-52(55-49)38-26-29-42-41-18-8-10-20-44(41)53(47(42)32-38)45-30-27-35-14-4-6-16-39(35)50(45)56-51-40-17-7-5-15-36(40)28-31-46(51)53/h1-32,49H,(H,54,55). The van der Waals surface area contributed by atoms with Crippen LogP contribution in [-0.4, -0.2) is 5.84 Å². The summed E-state index contributed by atoms with van der Waals surface area (Å²) in [6.07, 6.45) is 0. The monoisotopic (exact) mass is 714 g/mol. The van der Waals surface area contributed by atoms with Crippen LogP contribution in [0.1, 0.15) is 45.0 Å². The summed E-state index contributed by atoms with van der Waals surface area (Å²) in [5.41, 5.74) is 13.5. The van der Waals surface area contributed by atoms with E-state index in [1.807, 2.05) is 0 Å². The van der Waals surface area contributed by atoms with Crippen molar-refractivity contribution in [2.24, 2.45) is 4.99 Å². The summed E-state index contributed by atoms with van der Waals surface area (Å²) < 4.78 is 7.17. The van der Waals surface area contributed by atoms with E-state index < -0.39 is 5.41 Å². The summed E-state index contributed by atoms with van der Waals surface area (Å²) in [6, 6.07) is 70.1. The molecule has 0 saturated heterocycles. The van der Waals surface area contributed by atoms with Crippen LogP contribution in [0.2, 0.25) is 0 Å². The average Bonchev–Trinajstić information content (AvgIpc) is 3.56. The topological polar surface area (TPSA) is 33.6 Å². The van der Waals surface area contributed by atoms with Crippen LogP contribution in [0, 0.1) is 0 Å². The van der Waals surface area contributed by atoms with E-state index in [4.69, 9.17) is 9.73 Å². The molecule has 1 unspecified atom stereocenters. The van der Waals surface area contributed by atoms with Crippen LogP contribution in [0.15, 0.2) is 199 Å². The van der Waals surface area contributed by atoms with Crippen LogP contribution in [-0.2, 0) is 5.41 Å². The maximum absolute atomic E-state index is 7.17. The van der Waals surface area contributed by atoms with E-state index in [1.54, 1.807) is 0 Å². The largest absolute Gasteiger partial charge is 0.455 e. The van der Waals surface area contributed by atoms with Gasteiger partial charge in [-0.3, -0.25) is 0 Å². The zero-order valence-corrected chi connectivity index (χ0v) is 30.4. The van der Waals surface area contributed by atoms with Gasteiger partial charge in [0.05, 0.1) is 17.1 Å². The summed E-state index contributed by atoms with van der Waals surface area (Å²) in [7, 11) is 0. The lowest BCUT2D eigenvalue weighted by molar-refractivity contribution is 0.447. The number of benzene rings is 9. The number of hydrogen-bond acceptors (Lipinski definition) is 3. The van der Waals surface area contributed by atoms with Crippen LogP contribution < -0.4 is 10.1 Å². The highest BCUT2D eigenvalue weighted by Crippen LogP contribution is 2.64. The SMILES string of the molecule is c1ccc(-c2ccc(C3NC(c4ccc5c(c4)C4(c6ccccc6-5)c5ccc6ccccc6c5Oc5c4ccc4ccccc54)=Nc4ccccc43)cc2)cc1. The van der Waals surface area contributed by atoms with Crippen molar-refractivity contribution in [1.29, 1.82) is 0 Å². The van der Waals surface area contributed by atoms with E-state index in [0.717, 1.165) is 61.3 Å². The lowest BCUT2D eigenvalue weighted by Crippen LogP contribution is -2.34. The van der Waals surface area contributed by atoms with Gasteiger partial charge >= 0.3 is 0 Å². The minimum atomic E-state index is -0.626. The van der Waals surface area contributed by atoms with Crippen molar-refractivity contribution in [3.8, 4) is 33.8 Å². The number of fused-ring (bicyclic) bond motifs is 14. The van der Waals surface area contributed by atoms with Crippen molar-refractivity contribution < 1.29 is 4.74 Å². The van der Waals surface area contributed by atoms with Gasteiger partial charge in [-0.2, -0.15) is 0 Å². The van der Waals surface area contributed by atoms with Crippen LogP contribution in [0.25, 0.3) is 43.8 Å². The first-order chi connectivity index (χ1) is 27.8. The molecular weight excluding hydrogens is 681 g/mol. The average molecular weight is 715 g/mol. The molecule has 1 spiro atoms. The third-order valence-electron chi connectivity index (χ3n) is 12.2. The fourth-order valence-electron chi connectivity index (χ4n) is 9.66. The molecule has 1 aliphatic carbocycles. The number of rotatable bonds is 3. The van der Waals surface area contributed by atoms with Gasteiger partial charge < -0.3 is 10.1 Å². The highest BCUT2D eigenvalue weighted by Gasteiger charge is 2.52. The van der Waals surface area contributed by atoms with Crippen LogP contribution in [0.4, 0.5) is 5.69 Å². The van der Waals surface area contributed by atoms with Crippen molar-refractivity contribution in [2.75, 3.05) is 0 Å². The summed E-state index contributed by atoms with van der Waals surface area (Å²) >= 11 is 0. The lowest BCUT2D eigenvalue weighted by Gasteiger charge is -2.40. The predicted octanol–water partition coefficient (Wildman–Crippen LogP) is 12.9. The lowest BCUT2D eigenvalue weighted by atomic mass is 9.65. The van der Waals surface area contributed by atoms with E-state index in [-0.39, 0.29) is 6.04 Å². The zero-order valence-electron chi connectivity index (χ0n) is 30.4. The molecule has 3 nitrogen and oxygen atoms in total. The first-order valence-electron chi connectivity index (χ1n) is 19.3. The number of aliphatic imine (C=N–C) groups is 1. The van der Waals surface area contributed by atoms with Crippen molar-refractivity contribution in [3.63, 3.8) is 0 Å². The highest BCUT2D eigenvalue weighted by molar-refractivity contribution is 6.05. The minimum Gasteiger partial charge on any atom is -0.455 e. The molecule has 9 aromatic rings. The Morgan fingerprint density at radius 3 is 1.79 bits per heavy atom. The number of para-hydroxylation sites is 1. The van der Waals surface area contributed by atoms with Crippen LogP contribution in [0.3, 0.4) is 0 Å². The van der Waals surface area contributed by atoms with E-state index >= 15 is 0 Å². The van der Waals surface area contributed by atoms with Gasteiger partial charge in [-0.15, -0.1) is 0 Å². The molecule has 0 amide bonds. The Morgan fingerprint density at radius 1 is 0.446 bits per heavy atom. The van der Waals surface area contributed by atoms with Gasteiger partial charge in [0.15, 0.2) is 0 Å². The molecule has 9 aromatic carbocycles. The van der Waals surface area contributed by atoms with Gasteiger partial charge in [-0.25, -0.2) is 4.99 Å². The minimum absolute atomic E-state index is 0.0646. The first-order valence-corrected chi connectivity index (χ1v) is 19.3. The summed E-state index contributed by atoms with van der Waals surface area (Å²) in [4.78, 5) is 5.32. The Morgan fingerprint density at radius 2 is 1.04 bits per heavy atom. The van der Waals surface area contributed by atoms with Crippen molar-refractivity contribution in [3.05, 3.63) is 233 Å². The molecule has 0 bridgehead atoms. The maximum Gasteiger partial charge on any atom is 0.140 e. The Hall–Kier alpha value is -7.23. The van der Waals surface area contributed by atoms with E-state index in [2.05, 4.69) is 199 Å². The Kier molecular flexibility index (Phi) is 6.61. The fraction of sp³-hybridized carbons (Fsp3) is 0.0377. The fourth-order valence-corrected chi connectivity index (χ4v) is 9.66. The second kappa shape index (κ2) is 11.9. The molecule has 12 rings (SSSR count). The molecule has 1 N–H and O–H groups in total. The molecule has 3 aliphatic rings. The molecule has 0 saturated carbocycles. The molecule has 0 aromatic heterocycles. The molecule has 56 heavy (non-hydrogen) atoms. The second-order valence-corrected chi connectivity index (χ2v) is 15.1. The molecule has 0 fully saturated rings. The zero-order chi connectivity index (χ0) is 36.8. The van der Waals surface area contributed by atoms with Gasteiger partial charge in [-0.1, -0.05) is 182 Å². The third kappa shape index (κ3) is 4.37. The molecule has 2 heterocycles. The third-order valence-corrected chi connectivity index (χ3v) is 12.2. The van der Waals surface area contributed by atoms with Crippen LogP contribution >= 0.6 is 0 Å². The van der Waals surface area contributed by atoms with Gasteiger partial charge in [0, 0.05) is 33.0 Å². The van der Waals surface area contributed by atoms with Crippen LogP contribution in [0.5, 0.6) is 11.5 Å². The smallest absolute Gasteiger partial charge is 0.140 e. The first kappa shape index (κ1) is 31.2. The molecule has 3 heteroatoms. The predicted molar refractivity (Wildman–Crippen MR) is 228 cm³/mol. The Bertz CT molecular complexity index is 3000. The summed E-state index contributed by atoms with van der Waals surface area (Å²) in [6.45, 7) is 0. The van der Waals surface area contributed by atoms with Gasteiger partial charge in [0.2, 0.25) is 0 Å². The quantitative estimate of drug-likeness (QED) is 0.198. The molecule has 262 valence electrons. The number of nitrogens with one attached hydrogen (secondary N) is 1. The number of amidine groups is 1. The molecule has 0 radical (unpaired) electrons. The van der Waals surface area contributed by atoms with Crippen molar-refractivity contribution in [1.82, 2.24) is 5.32 Å². The normalized spacial score (nSPS) is 15.5. The number of nitrogens with zero attached hydrogens (tertiary/aromatic N) is 1. The van der Waals surface area contributed by atoms with E-state index in [1.165, 1.54) is 44.5 Å². The second-order valence-electron chi connectivity index (χ2n) is 15.1. The number of hydrogen-bond donors (Lipinski definition) is 1. The maximum atomic E-state index is 7.17. The molecule has 2 aliphatic heterocycles. The van der Waals surface area contributed by atoms with Gasteiger partial charge in [-0.05, 0) is 61.8 Å². The summed E-state index contributed by atoms with van der Waals surface area (Å²) in [5.74, 6) is 2.70. The molecular formula is C53H34N2O. The highest BCUT2D eigenvalue weighted by atomic mass is 16.5. The summed E-state index contributed by atoms with van der Waals surface area (Å²) in [5, 5.41) is 8.46. The number of ether oxygens (including phenoxy) is 1. The Balaban J connectivity index is 1.08. The van der Waals surface area contributed by atoms with Gasteiger partial charge in [0.1, 0.15) is 17.3 Å².